The number of ether oxygens (including phenoxy) is 1. The number of morpholine rings is 1. The monoisotopic (exact) mass is 422 g/mol. The van der Waals surface area contributed by atoms with Crippen molar-refractivity contribution in [2.45, 2.75) is 13.3 Å². The third-order valence-electron chi connectivity index (χ3n) is 5.41. The standard InChI is InChI=1S/C24H27N3O2S/c1-19-7-5-10-21(17-19)23(28)27(12-6-11-26-13-15-29-16-14-26)24-25-22(18-30-24)20-8-3-2-4-9-20/h2-5,7-10,17-18H,6,11-16H2,1H3/p+1. The fourth-order valence-corrected chi connectivity index (χ4v) is 4.60. The highest BCUT2D eigenvalue weighted by molar-refractivity contribution is 7.14. The summed E-state index contributed by atoms with van der Waals surface area (Å²) in [6, 6.07) is 17.9. The zero-order valence-electron chi connectivity index (χ0n) is 17.3. The third kappa shape index (κ3) is 5.14. The lowest BCUT2D eigenvalue weighted by molar-refractivity contribution is -0.908. The van der Waals surface area contributed by atoms with Gasteiger partial charge in [0.2, 0.25) is 0 Å². The van der Waals surface area contributed by atoms with E-state index in [2.05, 4.69) is 0 Å². The predicted octanol–water partition coefficient (Wildman–Crippen LogP) is 3.07. The minimum absolute atomic E-state index is 0.0182. The molecule has 1 aliphatic rings. The average molecular weight is 423 g/mol. The number of rotatable bonds is 7. The summed E-state index contributed by atoms with van der Waals surface area (Å²) in [7, 11) is 0. The molecule has 6 heteroatoms. The van der Waals surface area contributed by atoms with Crippen LogP contribution in [0.3, 0.4) is 0 Å². The van der Waals surface area contributed by atoms with E-state index < -0.39 is 0 Å². The minimum Gasteiger partial charge on any atom is -0.370 e. The summed E-state index contributed by atoms with van der Waals surface area (Å²) in [6.45, 7) is 7.46. The highest BCUT2D eigenvalue weighted by Gasteiger charge is 2.22. The van der Waals surface area contributed by atoms with Gasteiger partial charge in [-0.1, -0.05) is 48.0 Å². The van der Waals surface area contributed by atoms with E-state index >= 15 is 0 Å². The number of carbonyl (C=O) groups excluding carboxylic acids is 1. The number of thiazole rings is 1. The zero-order chi connectivity index (χ0) is 20.8. The van der Waals surface area contributed by atoms with Crippen LogP contribution in [0, 0.1) is 6.92 Å². The molecule has 1 amide bonds. The van der Waals surface area contributed by atoms with E-state index in [0.29, 0.717) is 12.1 Å². The summed E-state index contributed by atoms with van der Waals surface area (Å²) in [6.07, 6.45) is 0.938. The van der Waals surface area contributed by atoms with E-state index in [9.17, 15) is 4.79 Å². The first-order chi connectivity index (χ1) is 14.7. The van der Waals surface area contributed by atoms with E-state index in [1.807, 2.05) is 71.8 Å². The molecule has 1 aromatic heterocycles. The molecule has 156 valence electrons. The second kappa shape index (κ2) is 9.98. The number of nitrogens with zero attached hydrogens (tertiary/aromatic N) is 2. The number of hydrogen-bond donors (Lipinski definition) is 1. The van der Waals surface area contributed by atoms with Gasteiger partial charge in [-0.25, -0.2) is 4.98 Å². The number of benzene rings is 2. The molecular weight excluding hydrogens is 394 g/mol. The summed E-state index contributed by atoms with van der Waals surface area (Å²) >= 11 is 1.53. The Morgan fingerprint density at radius 2 is 1.93 bits per heavy atom. The van der Waals surface area contributed by atoms with Crippen LogP contribution < -0.4 is 9.80 Å². The first kappa shape index (κ1) is 20.7. The summed E-state index contributed by atoms with van der Waals surface area (Å²) in [4.78, 5) is 21.6. The molecule has 1 fully saturated rings. The average Bonchev–Trinajstić information content (AvgIpc) is 3.28. The van der Waals surface area contributed by atoms with Gasteiger partial charge in [-0.3, -0.25) is 9.69 Å². The molecule has 2 heterocycles. The predicted molar refractivity (Wildman–Crippen MR) is 121 cm³/mol. The number of hydrogen-bond acceptors (Lipinski definition) is 4. The molecule has 0 atom stereocenters. The number of nitrogens with one attached hydrogen (secondary N) is 1. The second-order valence-electron chi connectivity index (χ2n) is 7.67. The molecule has 1 aliphatic heterocycles. The van der Waals surface area contributed by atoms with Crippen molar-refractivity contribution in [3.05, 3.63) is 71.1 Å². The Morgan fingerprint density at radius 1 is 1.13 bits per heavy atom. The van der Waals surface area contributed by atoms with Crippen molar-refractivity contribution in [1.82, 2.24) is 4.98 Å². The first-order valence-electron chi connectivity index (χ1n) is 10.5. The second-order valence-corrected chi connectivity index (χ2v) is 8.51. The van der Waals surface area contributed by atoms with Crippen LogP contribution in [0.4, 0.5) is 5.13 Å². The van der Waals surface area contributed by atoms with E-state index in [1.165, 1.54) is 11.3 Å². The maximum atomic E-state index is 13.4. The molecular formula is C24H28N3O2S+. The first-order valence-corrected chi connectivity index (χ1v) is 11.4. The lowest BCUT2D eigenvalue weighted by atomic mass is 10.1. The fourth-order valence-electron chi connectivity index (χ4n) is 3.74. The highest BCUT2D eigenvalue weighted by Crippen LogP contribution is 2.28. The fraction of sp³-hybridized carbons (Fsp3) is 0.333. The Hall–Kier alpha value is -2.54. The normalized spacial score (nSPS) is 14.6. The van der Waals surface area contributed by atoms with Crippen LogP contribution in [-0.2, 0) is 4.74 Å². The zero-order valence-corrected chi connectivity index (χ0v) is 18.2. The Balaban J connectivity index is 1.53. The molecule has 0 radical (unpaired) electrons. The quantitative estimate of drug-likeness (QED) is 0.637. The third-order valence-corrected chi connectivity index (χ3v) is 6.28. The molecule has 0 saturated carbocycles. The van der Waals surface area contributed by atoms with E-state index in [-0.39, 0.29) is 5.91 Å². The van der Waals surface area contributed by atoms with Crippen LogP contribution in [0.15, 0.2) is 60.0 Å². The van der Waals surface area contributed by atoms with Gasteiger partial charge in [0.05, 0.1) is 25.5 Å². The van der Waals surface area contributed by atoms with Gasteiger partial charge >= 0.3 is 0 Å². The van der Waals surface area contributed by atoms with Crippen molar-refractivity contribution in [3.8, 4) is 11.3 Å². The topological polar surface area (TPSA) is 46.9 Å². The molecule has 0 bridgehead atoms. The number of amides is 1. The molecule has 5 nitrogen and oxygen atoms in total. The summed E-state index contributed by atoms with van der Waals surface area (Å²) in [5, 5.41) is 2.80. The molecule has 1 N–H and O–H groups in total. The Morgan fingerprint density at radius 3 is 2.70 bits per heavy atom. The Kier molecular flexibility index (Phi) is 6.89. The summed E-state index contributed by atoms with van der Waals surface area (Å²) in [5.41, 5.74) is 3.78. The molecule has 0 spiro atoms. The van der Waals surface area contributed by atoms with Crippen molar-refractivity contribution in [3.63, 3.8) is 0 Å². The van der Waals surface area contributed by atoms with Crippen LogP contribution in [-0.4, -0.2) is 50.3 Å². The number of anilines is 1. The van der Waals surface area contributed by atoms with Gasteiger partial charge < -0.3 is 9.64 Å². The maximum Gasteiger partial charge on any atom is 0.260 e. The van der Waals surface area contributed by atoms with E-state index in [0.717, 1.165) is 61.2 Å². The molecule has 2 aromatic carbocycles. The van der Waals surface area contributed by atoms with Crippen molar-refractivity contribution < 1.29 is 14.4 Å². The number of aromatic nitrogens is 1. The van der Waals surface area contributed by atoms with Crippen LogP contribution in [0.2, 0.25) is 0 Å². The summed E-state index contributed by atoms with van der Waals surface area (Å²) < 4.78 is 5.45. The van der Waals surface area contributed by atoms with Gasteiger partial charge in [-0.2, -0.15) is 0 Å². The smallest absolute Gasteiger partial charge is 0.260 e. The minimum atomic E-state index is 0.0182. The SMILES string of the molecule is Cc1cccc(C(=O)N(CCC[NH+]2CCOCC2)c2nc(-c3ccccc3)cs2)c1. The van der Waals surface area contributed by atoms with Crippen molar-refractivity contribution in [2.24, 2.45) is 0 Å². The Bertz CT molecular complexity index is 967. The van der Waals surface area contributed by atoms with Crippen molar-refractivity contribution in [1.29, 1.82) is 0 Å². The van der Waals surface area contributed by atoms with Crippen LogP contribution >= 0.6 is 11.3 Å². The lowest BCUT2D eigenvalue weighted by Crippen LogP contribution is -3.14. The summed E-state index contributed by atoms with van der Waals surface area (Å²) in [5.74, 6) is 0.0182. The largest absolute Gasteiger partial charge is 0.370 e. The number of aryl methyl sites for hydroxylation is 1. The van der Waals surface area contributed by atoms with Gasteiger partial charge in [0, 0.05) is 29.5 Å². The molecule has 0 unspecified atom stereocenters. The highest BCUT2D eigenvalue weighted by atomic mass is 32.1. The molecule has 30 heavy (non-hydrogen) atoms. The lowest BCUT2D eigenvalue weighted by Gasteiger charge is -2.25. The van der Waals surface area contributed by atoms with Crippen LogP contribution in [0.5, 0.6) is 0 Å². The number of quaternary nitrogens is 1. The number of carbonyl (C=O) groups is 1. The maximum absolute atomic E-state index is 13.4. The van der Waals surface area contributed by atoms with Crippen LogP contribution in [0.25, 0.3) is 11.3 Å². The van der Waals surface area contributed by atoms with Crippen LogP contribution in [0.1, 0.15) is 22.3 Å². The van der Waals surface area contributed by atoms with Gasteiger partial charge in [0.1, 0.15) is 13.1 Å². The Labute approximate surface area is 181 Å². The van der Waals surface area contributed by atoms with Crippen molar-refractivity contribution in [2.75, 3.05) is 44.3 Å². The van der Waals surface area contributed by atoms with Gasteiger partial charge in [-0.15, -0.1) is 11.3 Å². The van der Waals surface area contributed by atoms with Crippen molar-refractivity contribution >= 4 is 22.4 Å². The molecule has 0 aliphatic carbocycles. The van der Waals surface area contributed by atoms with Gasteiger partial charge in [-0.05, 0) is 19.1 Å². The molecule has 4 rings (SSSR count). The van der Waals surface area contributed by atoms with Gasteiger partial charge in [0.25, 0.3) is 5.91 Å². The molecule has 1 saturated heterocycles. The van der Waals surface area contributed by atoms with E-state index in [1.54, 1.807) is 4.90 Å². The van der Waals surface area contributed by atoms with E-state index in [4.69, 9.17) is 9.72 Å². The van der Waals surface area contributed by atoms with Gasteiger partial charge in [0.15, 0.2) is 5.13 Å². The molecule has 3 aromatic rings.